The molecule has 7 heteroatoms. The summed E-state index contributed by atoms with van der Waals surface area (Å²) in [5.74, 6) is -4.01. The Labute approximate surface area is 160 Å². The van der Waals surface area contributed by atoms with Crippen LogP contribution in [0.4, 0.5) is 18.9 Å². The lowest BCUT2D eigenvalue weighted by Crippen LogP contribution is -2.32. The first-order valence-electron chi connectivity index (χ1n) is 9.21. The van der Waals surface area contributed by atoms with Crippen LogP contribution in [0.15, 0.2) is 36.5 Å². The minimum absolute atomic E-state index is 0.00522. The summed E-state index contributed by atoms with van der Waals surface area (Å²) in [5.41, 5.74) is 7.22. The van der Waals surface area contributed by atoms with E-state index in [1.807, 2.05) is 0 Å². The zero-order valence-electron chi connectivity index (χ0n) is 15.1. The number of phenolic OH excluding ortho intramolecular Hbond substituents is 1. The molecule has 0 amide bonds. The monoisotopic (exact) mass is 387 g/mol. The highest BCUT2D eigenvalue weighted by atomic mass is 19.1. The van der Waals surface area contributed by atoms with Crippen molar-refractivity contribution in [1.82, 2.24) is 4.98 Å². The molecule has 3 aromatic rings. The van der Waals surface area contributed by atoms with Crippen LogP contribution in [-0.2, 0) is 0 Å². The molecule has 1 fully saturated rings. The largest absolute Gasteiger partial charge is 0.503 e. The molecule has 1 aliphatic rings. The molecule has 0 radical (unpaired) electrons. The maximum atomic E-state index is 14.6. The Morgan fingerprint density at radius 2 is 1.64 bits per heavy atom. The zero-order chi connectivity index (χ0) is 19.8. The fourth-order valence-electron chi connectivity index (χ4n) is 3.72. The van der Waals surface area contributed by atoms with Gasteiger partial charge in [0, 0.05) is 41.0 Å². The molecule has 0 bridgehead atoms. The summed E-state index contributed by atoms with van der Waals surface area (Å²) in [4.78, 5) is 4.20. The standard InChI is InChI=1S/C21H20F3N3O/c22-16-10-20-15(9-14(16)11-7-17(23)21(28)18(24)8-11)19(5-6-26-20)27-13-3-1-12(25)2-4-13/h5-10,12-13,28H,1-4,25H2,(H,26,27). The molecule has 28 heavy (non-hydrogen) atoms. The molecule has 4 rings (SSSR count). The highest BCUT2D eigenvalue weighted by Crippen LogP contribution is 2.34. The minimum atomic E-state index is -1.14. The molecule has 2 aromatic carbocycles. The number of hydrogen-bond acceptors (Lipinski definition) is 4. The fourth-order valence-corrected chi connectivity index (χ4v) is 3.72. The van der Waals surface area contributed by atoms with E-state index in [0.29, 0.717) is 10.9 Å². The second kappa shape index (κ2) is 7.31. The fraction of sp³-hybridized carbons (Fsp3) is 0.286. The number of aromatic hydroxyl groups is 1. The predicted octanol–water partition coefficient (Wildman–Crippen LogP) is 4.71. The third kappa shape index (κ3) is 3.49. The van der Waals surface area contributed by atoms with Gasteiger partial charge in [-0.2, -0.15) is 0 Å². The molecule has 1 heterocycles. The summed E-state index contributed by atoms with van der Waals surface area (Å²) in [5, 5.41) is 13.4. The molecule has 146 valence electrons. The summed E-state index contributed by atoms with van der Waals surface area (Å²) >= 11 is 0. The molecule has 0 atom stereocenters. The van der Waals surface area contributed by atoms with E-state index >= 15 is 0 Å². The molecular weight excluding hydrogens is 367 g/mol. The summed E-state index contributed by atoms with van der Waals surface area (Å²) in [6.07, 6.45) is 5.35. The van der Waals surface area contributed by atoms with Gasteiger partial charge in [-0.15, -0.1) is 0 Å². The molecule has 1 saturated carbocycles. The molecule has 0 spiro atoms. The van der Waals surface area contributed by atoms with E-state index in [9.17, 15) is 18.3 Å². The average molecular weight is 387 g/mol. The van der Waals surface area contributed by atoms with Crippen LogP contribution in [0.3, 0.4) is 0 Å². The normalized spacial score (nSPS) is 19.7. The number of anilines is 1. The molecule has 1 aliphatic carbocycles. The maximum absolute atomic E-state index is 14.6. The lowest BCUT2D eigenvalue weighted by atomic mass is 9.91. The Bertz CT molecular complexity index is 1010. The van der Waals surface area contributed by atoms with E-state index in [0.717, 1.165) is 43.5 Å². The topological polar surface area (TPSA) is 71.2 Å². The van der Waals surface area contributed by atoms with Crippen molar-refractivity contribution in [3.63, 3.8) is 0 Å². The molecule has 4 N–H and O–H groups in total. The zero-order valence-corrected chi connectivity index (χ0v) is 15.1. The van der Waals surface area contributed by atoms with Crippen LogP contribution in [-0.4, -0.2) is 22.2 Å². The van der Waals surface area contributed by atoms with Gasteiger partial charge in [-0.05, 0) is 55.5 Å². The molecule has 0 aliphatic heterocycles. The van der Waals surface area contributed by atoms with Gasteiger partial charge in [0.05, 0.1) is 5.52 Å². The Balaban J connectivity index is 1.76. The van der Waals surface area contributed by atoms with Crippen LogP contribution in [0.25, 0.3) is 22.0 Å². The average Bonchev–Trinajstić information content (AvgIpc) is 2.67. The number of hydrogen-bond donors (Lipinski definition) is 3. The quantitative estimate of drug-likeness (QED) is 0.609. The lowest BCUT2D eigenvalue weighted by Gasteiger charge is -2.28. The van der Waals surface area contributed by atoms with Crippen molar-refractivity contribution < 1.29 is 18.3 Å². The van der Waals surface area contributed by atoms with Gasteiger partial charge >= 0.3 is 0 Å². The van der Waals surface area contributed by atoms with Crippen LogP contribution in [0.5, 0.6) is 5.75 Å². The number of pyridine rings is 1. The van der Waals surface area contributed by atoms with Crippen molar-refractivity contribution >= 4 is 16.6 Å². The van der Waals surface area contributed by atoms with Gasteiger partial charge in [-0.3, -0.25) is 4.98 Å². The number of nitrogens with zero attached hydrogens (tertiary/aromatic N) is 1. The Hall–Kier alpha value is -2.80. The van der Waals surface area contributed by atoms with Gasteiger partial charge < -0.3 is 16.2 Å². The molecule has 0 saturated heterocycles. The smallest absolute Gasteiger partial charge is 0.187 e. The Morgan fingerprint density at radius 1 is 0.964 bits per heavy atom. The Kier molecular flexibility index (Phi) is 4.85. The molecule has 1 aromatic heterocycles. The molecular formula is C21H20F3N3O. The number of rotatable bonds is 3. The summed E-state index contributed by atoms with van der Waals surface area (Å²) < 4.78 is 42.1. The first-order chi connectivity index (χ1) is 13.4. The van der Waals surface area contributed by atoms with Crippen LogP contribution >= 0.6 is 0 Å². The number of aromatic nitrogens is 1. The predicted molar refractivity (Wildman–Crippen MR) is 103 cm³/mol. The van der Waals surface area contributed by atoms with E-state index in [1.54, 1.807) is 12.3 Å². The Morgan fingerprint density at radius 3 is 2.32 bits per heavy atom. The van der Waals surface area contributed by atoms with Crippen LogP contribution in [0.2, 0.25) is 0 Å². The number of halogens is 3. The number of benzene rings is 2. The van der Waals surface area contributed by atoms with Crippen molar-refractivity contribution in [2.75, 3.05) is 5.32 Å². The van der Waals surface area contributed by atoms with Crippen molar-refractivity contribution in [3.8, 4) is 16.9 Å². The van der Waals surface area contributed by atoms with Crippen molar-refractivity contribution in [1.29, 1.82) is 0 Å². The van der Waals surface area contributed by atoms with E-state index < -0.39 is 23.2 Å². The molecule has 4 nitrogen and oxygen atoms in total. The number of phenols is 1. The first-order valence-corrected chi connectivity index (χ1v) is 9.21. The van der Waals surface area contributed by atoms with Gasteiger partial charge in [0.15, 0.2) is 17.4 Å². The van der Waals surface area contributed by atoms with Crippen LogP contribution in [0.1, 0.15) is 25.7 Å². The van der Waals surface area contributed by atoms with Crippen molar-refractivity contribution in [3.05, 3.63) is 54.0 Å². The van der Waals surface area contributed by atoms with E-state index in [2.05, 4.69) is 10.3 Å². The van der Waals surface area contributed by atoms with Gasteiger partial charge in [-0.1, -0.05) is 0 Å². The van der Waals surface area contributed by atoms with E-state index in [-0.39, 0.29) is 23.2 Å². The second-order valence-corrected chi connectivity index (χ2v) is 7.25. The van der Waals surface area contributed by atoms with Crippen molar-refractivity contribution in [2.24, 2.45) is 5.73 Å². The van der Waals surface area contributed by atoms with Crippen LogP contribution < -0.4 is 11.1 Å². The van der Waals surface area contributed by atoms with Gasteiger partial charge in [0.2, 0.25) is 0 Å². The number of nitrogens with one attached hydrogen (secondary N) is 1. The number of fused-ring (bicyclic) bond motifs is 1. The van der Waals surface area contributed by atoms with Crippen molar-refractivity contribution in [2.45, 2.75) is 37.8 Å². The lowest BCUT2D eigenvalue weighted by molar-refractivity contribution is 0.396. The highest BCUT2D eigenvalue weighted by Gasteiger charge is 2.20. The SMILES string of the molecule is NC1CCC(Nc2ccnc3cc(F)c(-c4cc(F)c(O)c(F)c4)cc23)CC1. The van der Waals surface area contributed by atoms with Gasteiger partial charge in [0.1, 0.15) is 5.82 Å². The molecule has 0 unspecified atom stereocenters. The highest BCUT2D eigenvalue weighted by molar-refractivity contribution is 5.94. The third-order valence-corrected chi connectivity index (χ3v) is 5.29. The number of nitrogens with two attached hydrogens (primary N) is 1. The summed E-state index contributed by atoms with van der Waals surface area (Å²) in [7, 11) is 0. The minimum Gasteiger partial charge on any atom is -0.503 e. The van der Waals surface area contributed by atoms with Gasteiger partial charge in [0.25, 0.3) is 0 Å². The van der Waals surface area contributed by atoms with Gasteiger partial charge in [-0.25, -0.2) is 13.2 Å². The maximum Gasteiger partial charge on any atom is 0.187 e. The summed E-state index contributed by atoms with van der Waals surface area (Å²) in [6.45, 7) is 0. The second-order valence-electron chi connectivity index (χ2n) is 7.25. The van der Waals surface area contributed by atoms with E-state index in [4.69, 9.17) is 5.73 Å². The summed E-state index contributed by atoms with van der Waals surface area (Å²) in [6, 6.07) is 6.88. The van der Waals surface area contributed by atoms with Crippen LogP contribution in [0, 0.1) is 17.5 Å². The first kappa shape index (κ1) is 18.6. The third-order valence-electron chi connectivity index (χ3n) is 5.29. The van der Waals surface area contributed by atoms with E-state index in [1.165, 1.54) is 12.1 Å².